The molecule has 73 valence electrons. The lowest BCUT2D eigenvalue weighted by Crippen LogP contribution is -1.84. The van der Waals surface area contributed by atoms with E-state index in [-0.39, 0.29) is 0 Å². The molecule has 0 aromatic carbocycles. The zero-order valence-corrected chi connectivity index (χ0v) is 9.89. The molecule has 0 aliphatic rings. The van der Waals surface area contributed by atoms with Crippen LogP contribution in [0.1, 0.15) is 58.3 Å². The molecule has 0 aromatic heterocycles. The largest absolute Gasteiger partial charge is 0.306 e. The molecule has 0 spiro atoms. The molecule has 0 aromatic rings. The fourth-order valence-corrected chi connectivity index (χ4v) is 1.97. The van der Waals surface area contributed by atoms with Gasteiger partial charge in [-0.1, -0.05) is 58.3 Å². The normalized spacial score (nSPS) is 11.5. The van der Waals surface area contributed by atoms with Gasteiger partial charge in [0.1, 0.15) is 0 Å². The van der Waals surface area contributed by atoms with E-state index in [1.165, 1.54) is 51.4 Å². The second-order valence-corrected chi connectivity index (χ2v) is 4.65. The van der Waals surface area contributed by atoms with Crippen LogP contribution in [0.25, 0.3) is 0 Å². The van der Waals surface area contributed by atoms with E-state index in [4.69, 9.17) is 0 Å². The molecule has 0 saturated carbocycles. The monoisotopic (exact) mass is 187 g/mol. The van der Waals surface area contributed by atoms with Crippen molar-refractivity contribution in [1.29, 1.82) is 0 Å². The maximum Gasteiger partial charge on any atom is 0.207 e. The van der Waals surface area contributed by atoms with Crippen LogP contribution in [0, 0.1) is 0 Å². The third-order valence-corrected chi connectivity index (χ3v) is 3.04. The van der Waals surface area contributed by atoms with Gasteiger partial charge in [-0.2, -0.15) is 0 Å². The first-order valence-electron chi connectivity index (χ1n) is 5.50. The van der Waals surface area contributed by atoms with Crippen LogP contribution in [-0.4, -0.2) is 9.76 Å². The molecular formula is C10H23OSi. The smallest absolute Gasteiger partial charge is 0.207 e. The summed E-state index contributed by atoms with van der Waals surface area (Å²) in [5.41, 5.74) is 0. The van der Waals surface area contributed by atoms with Crippen LogP contribution >= 0.6 is 0 Å². The minimum atomic E-state index is -0.884. The molecule has 0 fully saturated rings. The first-order chi connectivity index (χ1) is 5.91. The van der Waals surface area contributed by atoms with E-state index in [0.717, 1.165) is 6.04 Å². The summed E-state index contributed by atoms with van der Waals surface area (Å²) in [7, 11) is -0.884. The first kappa shape index (κ1) is 12.2. The van der Waals surface area contributed by atoms with Crippen LogP contribution in [0.15, 0.2) is 0 Å². The van der Waals surface area contributed by atoms with Crippen molar-refractivity contribution >= 4 is 9.76 Å². The van der Waals surface area contributed by atoms with Crippen molar-refractivity contribution < 1.29 is 4.80 Å². The highest BCUT2D eigenvalue weighted by molar-refractivity contribution is 6.24. The Morgan fingerprint density at radius 3 is 1.83 bits per heavy atom. The predicted octanol–water partition coefficient (Wildman–Crippen LogP) is 3.06. The fourth-order valence-electron chi connectivity index (χ4n) is 1.41. The Bertz CT molecular complexity index is 66.2. The Balaban J connectivity index is 2.73. The first-order valence-corrected chi connectivity index (χ1v) is 7.07. The molecule has 0 rings (SSSR count). The van der Waals surface area contributed by atoms with Crippen molar-refractivity contribution in [2.24, 2.45) is 0 Å². The van der Waals surface area contributed by atoms with Crippen LogP contribution in [0.5, 0.6) is 0 Å². The molecule has 0 atom stereocenters. The average Bonchev–Trinajstić information content (AvgIpc) is 2.10. The van der Waals surface area contributed by atoms with Crippen molar-refractivity contribution in [2.75, 3.05) is 0 Å². The summed E-state index contributed by atoms with van der Waals surface area (Å²) >= 11 is 0. The van der Waals surface area contributed by atoms with Gasteiger partial charge in [-0.3, -0.25) is 0 Å². The Hall–Kier alpha value is 0.177. The topological polar surface area (TPSA) is 19.9 Å². The molecule has 0 amide bonds. The molecule has 0 unspecified atom stereocenters. The zero-order chi connectivity index (χ0) is 9.07. The van der Waals surface area contributed by atoms with Gasteiger partial charge in [-0.15, -0.1) is 0 Å². The van der Waals surface area contributed by atoms with Gasteiger partial charge >= 0.3 is 0 Å². The number of unbranched alkanes of at least 4 members (excludes halogenated alkanes) is 7. The van der Waals surface area contributed by atoms with Crippen LogP contribution in [-0.2, 0) is 4.80 Å². The maximum absolute atomic E-state index is 10.2. The summed E-state index contributed by atoms with van der Waals surface area (Å²) < 4.78 is 0. The van der Waals surface area contributed by atoms with Gasteiger partial charge < -0.3 is 4.80 Å². The van der Waals surface area contributed by atoms with Gasteiger partial charge in [-0.05, 0) is 6.04 Å². The van der Waals surface area contributed by atoms with E-state index in [9.17, 15) is 4.80 Å². The van der Waals surface area contributed by atoms with E-state index in [0.29, 0.717) is 0 Å². The van der Waals surface area contributed by atoms with E-state index >= 15 is 0 Å². The standard InChI is InChI=1S/C10H23OSi/c1-2-3-4-5-6-7-8-9-10-12-11/h2-10,12H2,1H3. The highest BCUT2D eigenvalue weighted by Gasteiger charge is 1.91. The van der Waals surface area contributed by atoms with Gasteiger partial charge in [0.2, 0.25) is 9.76 Å². The second-order valence-electron chi connectivity index (χ2n) is 3.53. The Kier molecular flexibility index (Phi) is 11.3. The molecule has 0 aliphatic carbocycles. The quantitative estimate of drug-likeness (QED) is 0.390. The Morgan fingerprint density at radius 1 is 0.833 bits per heavy atom. The van der Waals surface area contributed by atoms with E-state index in [1.807, 2.05) is 0 Å². The maximum atomic E-state index is 10.2. The highest BCUT2D eigenvalue weighted by atomic mass is 28.2. The number of rotatable bonds is 9. The predicted molar refractivity (Wildman–Crippen MR) is 56.6 cm³/mol. The summed E-state index contributed by atoms with van der Waals surface area (Å²) in [6, 6.07) is 1.02. The van der Waals surface area contributed by atoms with Crippen LogP contribution in [0.2, 0.25) is 6.04 Å². The molecule has 0 saturated heterocycles. The SMILES string of the molecule is CCCCCCCCCC[SiH2][O]. The average molecular weight is 187 g/mol. The molecule has 2 heteroatoms. The summed E-state index contributed by atoms with van der Waals surface area (Å²) in [6.07, 6.45) is 10.8. The molecule has 0 N–H and O–H groups in total. The fraction of sp³-hybridized carbons (Fsp3) is 1.00. The summed E-state index contributed by atoms with van der Waals surface area (Å²) in [5, 5.41) is 0. The Morgan fingerprint density at radius 2 is 1.33 bits per heavy atom. The van der Waals surface area contributed by atoms with Gasteiger partial charge in [0.25, 0.3) is 0 Å². The third kappa shape index (κ3) is 10.2. The molecule has 12 heavy (non-hydrogen) atoms. The minimum Gasteiger partial charge on any atom is -0.306 e. The minimum absolute atomic E-state index is 0.884. The van der Waals surface area contributed by atoms with Crippen molar-refractivity contribution in [1.82, 2.24) is 0 Å². The molecular weight excluding hydrogens is 164 g/mol. The lowest BCUT2D eigenvalue weighted by atomic mass is 10.1. The molecule has 0 heterocycles. The van der Waals surface area contributed by atoms with Crippen molar-refractivity contribution in [2.45, 2.75) is 64.3 Å². The van der Waals surface area contributed by atoms with Crippen molar-refractivity contribution in [3.8, 4) is 0 Å². The zero-order valence-electron chi connectivity index (χ0n) is 8.48. The molecule has 0 bridgehead atoms. The highest BCUT2D eigenvalue weighted by Crippen LogP contribution is 2.09. The second kappa shape index (κ2) is 11.2. The molecule has 1 radical (unpaired) electrons. The van der Waals surface area contributed by atoms with Gasteiger partial charge in [-0.25, -0.2) is 0 Å². The van der Waals surface area contributed by atoms with Crippen molar-refractivity contribution in [3.63, 3.8) is 0 Å². The molecule has 0 aliphatic heterocycles. The van der Waals surface area contributed by atoms with Gasteiger partial charge in [0, 0.05) is 0 Å². The van der Waals surface area contributed by atoms with Crippen LogP contribution in [0.4, 0.5) is 0 Å². The summed E-state index contributed by atoms with van der Waals surface area (Å²) in [5.74, 6) is 0. The van der Waals surface area contributed by atoms with Gasteiger partial charge in [0.15, 0.2) is 0 Å². The lowest BCUT2D eigenvalue weighted by molar-refractivity contribution is 0.468. The molecule has 1 nitrogen and oxygen atoms in total. The Labute approximate surface area is 79.5 Å². The third-order valence-electron chi connectivity index (χ3n) is 2.25. The number of hydrogen-bond donors (Lipinski definition) is 0. The van der Waals surface area contributed by atoms with Crippen LogP contribution in [0.3, 0.4) is 0 Å². The van der Waals surface area contributed by atoms with E-state index in [1.54, 1.807) is 0 Å². The lowest BCUT2D eigenvalue weighted by Gasteiger charge is -1.99. The van der Waals surface area contributed by atoms with E-state index in [2.05, 4.69) is 6.92 Å². The van der Waals surface area contributed by atoms with Crippen LogP contribution < -0.4 is 0 Å². The van der Waals surface area contributed by atoms with Crippen molar-refractivity contribution in [3.05, 3.63) is 0 Å². The van der Waals surface area contributed by atoms with Gasteiger partial charge in [0.05, 0.1) is 0 Å². The summed E-state index contributed by atoms with van der Waals surface area (Å²) in [4.78, 5) is 10.2. The van der Waals surface area contributed by atoms with E-state index < -0.39 is 9.76 Å². The number of hydrogen-bond acceptors (Lipinski definition) is 0. The summed E-state index contributed by atoms with van der Waals surface area (Å²) in [6.45, 7) is 2.25.